The number of carbonyl (C=O) groups is 1. The molecule has 0 spiro atoms. The lowest BCUT2D eigenvalue weighted by Gasteiger charge is -2.31. The van der Waals surface area contributed by atoms with E-state index in [0.717, 1.165) is 34.1 Å². The maximum Gasteiger partial charge on any atom is 0.308 e. The Bertz CT molecular complexity index is 1220. The van der Waals surface area contributed by atoms with E-state index >= 15 is 0 Å². The molecule has 2 aromatic rings. The molecule has 2 rings (SSSR count). The van der Waals surface area contributed by atoms with Gasteiger partial charge < -0.3 is 23.7 Å². The molecule has 0 fully saturated rings. The number of carbonyl (C=O) groups excluding carboxylic acids is 1. The number of methoxy groups -OCH3 is 1. The number of allylic oxidation sites excluding steroid dienone is 4. The molecule has 0 aliphatic heterocycles. The fourth-order valence-corrected chi connectivity index (χ4v) is 4.21. The molecule has 0 heterocycles. The first kappa shape index (κ1) is 32.2. The van der Waals surface area contributed by atoms with Crippen LogP contribution in [-0.2, 0) is 24.4 Å². The van der Waals surface area contributed by atoms with Crippen molar-refractivity contribution in [2.75, 3.05) is 20.5 Å². The first-order chi connectivity index (χ1) is 18.1. The molecule has 0 aliphatic carbocycles. The van der Waals surface area contributed by atoms with Crippen LogP contribution in [0.25, 0.3) is 10.8 Å². The van der Waals surface area contributed by atoms with Gasteiger partial charge in [0.2, 0.25) is 6.79 Å². The number of rotatable bonds is 13. The van der Waals surface area contributed by atoms with E-state index in [0.29, 0.717) is 29.8 Å². The van der Waals surface area contributed by atoms with Gasteiger partial charge in [-0.05, 0) is 64.9 Å². The van der Waals surface area contributed by atoms with Crippen molar-refractivity contribution in [3.05, 3.63) is 58.6 Å². The maximum absolute atomic E-state index is 12.1. The number of ether oxygens (including phenoxy) is 5. The summed E-state index contributed by atoms with van der Waals surface area (Å²) in [6.45, 7) is 22.4. The number of benzene rings is 2. The molecule has 6 nitrogen and oxygen atoms in total. The predicted octanol–water partition coefficient (Wildman–Crippen LogP) is 8.39. The van der Waals surface area contributed by atoms with Crippen LogP contribution < -0.4 is 9.47 Å². The zero-order valence-corrected chi connectivity index (χ0v) is 26.0. The summed E-state index contributed by atoms with van der Waals surface area (Å²) in [7, 11) is 1.66. The Morgan fingerprint density at radius 2 is 1.49 bits per heavy atom. The average Bonchev–Trinajstić information content (AvgIpc) is 2.87. The van der Waals surface area contributed by atoms with E-state index in [4.69, 9.17) is 23.7 Å². The maximum atomic E-state index is 12.1. The highest BCUT2D eigenvalue weighted by atomic mass is 16.7. The molecule has 2 aromatic carbocycles. The number of hydrogen-bond donors (Lipinski definition) is 0. The Morgan fingerprint density at radius 3 is 2.03 bits per heavy atom. The highest BCUT2D eigenvalue weighted by Gasteiger charge is 2.31. The van der Waals surface area contributed by atoms with Crippen LogP contribution >= 0.6 is 0 Å². The molecular formula is C33H48O6. The molecule has 0 radical (unpaired) electrons. The van der Waals surface area contributed by atoms with Crippen molar-refractivity contribution in [1.29, 1.82) is 0 Å². The SMILES string of the molecule is COC(C)(C)COC(C)=C(C)OCOc1c(C(C)(C)C/C=C(\C)C(C)C)c(C)c(OC(C)=O)c2ccccc12. The van der Waals surface area contributed by atoms with Crippen LogP contribution in [0, 0.1) is 12.8 Å². The standard InChI is InChI=1S/C33H48O6/c1-21(2)22(3)17-18-32(8,9)29-23(4)30(39-26(7)34)27-15-13-14-16-28(27)31(29)38-20-37-25(6)24(5)36-19-33(10,11)35-12/h13-17,21H,18-20H2,1-12H3/b22-17+,25-24?. The molecule has 0 unspecified atom stereocenters. The summed E-state index contributed by atoms with van der Waals surface area (Å²) in [5.74, 6) is 2.72. The second-order valence-electron chi connectivity index (χ2n) is 11.8. The van der Waals surface area contributed by atoms with Crippen molar-refractivity contribution in [1.82, 2.24) is 0 Å². The Labute approximate surface area is 235 Å². The van der Waals surface area contributed by atoms with Gasteiger partial charge in [0, 0.05) is 30.4 Å². The minimum atomic E-state index is -0.402. The van der Waals surface area contributed by atoms with E-state index in [9.17, 15) is 4.79 Å². The molecule has 0 aliphatic rings. The van der Waals surface area contributed by atoms with Crippen LogP contribution in [0.2, 0.25) is 0 Å². The van der Waals surface area contributed by atoms with Gasteiger partial charge >= 0.3 is 5.97 Å². The molecule has 0 aromatic heterocycles. The number of fused-ring (bicyclic) bond motifs is 1. The molecule has 0 saturated heterocycles. The van der Waals surface area contributed by atoms with Gasteiger partial charge in [0.15, 0.2) is 0 Å². The van der Waals surface area contributed by atoms with Crippen molar-refractivity contribution < 1.29 is 28.5 Å². The first-order valence-electron chi connectivity index (χ1n) is 13.6. The molecule has 0 atom stereocenters. The van der Waals surface area contributed by atoms with Gasteiger partial charge in [0.25, 0.3) is 0 Å². The third-order valence-corrected chi connectivity index (χ3v) is 7.29. The van der Waals surface area contributed by atoms with Gasteiger partial charge in [0.1, 0.15) is 29.6 Å². The molecule has 0 amide bonds. The topological polar surface area (TPSA) is 63.2 Å². The molecule has 39 heavy (non-hydrogen) atoms. The fourth-order valence-electron chi connectivity index (χ4n) is 4.21. The van der Waals surface area contributed by atoms with E-state index in [2.05, 4.69) is 40.7 Å². The first-order valence-corrected chi connectivity index (χ1v) is 13.6. The van der Waals surface area contributed by atoms with Gasteiger partial charge in [-0.1, -0.05) is 63.6 Å². The molecular weight excluding hydrogens is 492 g/mol. The summed E-state index contributed by atoms with van der Waals surface area (Å²) in [5, 5.41) is 1.69. The Balaban J connectivity index is 2.54. The number of hydrogen-bond acceptors (Lipinski definition) is 6. The third kappa shape index (κ3) is 8.50. The minimum Gasteiger partial charge on any atom is -0.492 e. The summed E-state index contributed by atoms with van der Waals surface area (Å²) in [6.07, 6.45) is 3.09. The molecule has 0 saturated carbocycles. The molecule has 6 heteroatoms. The second kappa shape index (κ2) is 13.4. The Kier molecular flexibility index (Phi) is 11.1. The third-order valence-electron chi connectivity index (χ3n) is 7.29. The van der Waals surface area contributed by atoms with E-state index in [1.165, 1.54) is 12.5 Å². The van der Waals surface area contributed by atoms with Gasteiger partial charge in [0.05, 0.1) is 5.60 Å². The van der Waals surface area contributed by atoms with Crippen molar-refractivity contribution in [3.63, 3.8) is 0 Å². The molecule has 216 valence electrons. The van der Waals surface area contributed by atoms with Crippen LogP contribution in [0.1, 0.15) is 86.8 Å². The van der Waals surface area contributed by atoms with E-state index in [1.54, 1.807) is 7.11 Å². The summed E-state index contributed by atoms with van der Waals surface area (Å²) in [5.41, 5.74) is 2.49. The largest absolute Gasteiger partial charge is 0.492 e. The predicted molar refractivity (Wildman–Crippen MR) is 158 cm³/mol. The number of esters is 1. The summed E-state index contributed by atoms with van der Waals surface area (Å²) in [6, 6.07) is 7.84. The van der Waals surface area contributed by atoms with Gasteiger partial charge in [-0.2, -0.15) is 0 Å². The van der Waals surface area contributed by atoms with Crippen LogP contribution in [0.4, 0.5) is 0 Å². The van der Waals surface area contributed by atoms with Crippen molar-refractivity contribution in [2.24, 2.45) is 5.92 Å². The van der Waals surface area contributed by atoms with Gasteiger partial charge in [-0.15, -0.1) is 0 Å². The minimum absolute atomic E-state index is 0.000488. The van der Waals surface area contributed by atoms with Gasteiger partial charge in [-0.25, -0.2) is 0 Å². The molecule has 0 bridgehead atoms. The second-order valence-corrected chi connectivity index (χ2v) is 11.8. The highest BCUT2D eigenvalue weighted by Crippen LogP contribution is 2.47. The lowest BCUT2D eigenvalue weighted by molar-refractivity contribution is -0.131. The van der Waals surface area contributed by atoms with Crippen LogP contribution in [0.15, 0.2) is 47.4 Å². The van der Waals surface area contributed by atoms with Gasteiger partial charge in [-0.3, -0.25) is 4.79 Å². The smallest absolute Gasteiger partial charge is 0.308 e. The quantitative estimate of drug-likeness (QED) is 0.0836. The lowest BCUT2D eigenvalue weighted by Crippen LogP contribution is -2.29. The summed E-state index contributed by atoms with van der Waals surface area (Å²) >= 11 is 0. The summed E-state index contributed by atoms with van der Waals surface area (Å²) in [4.78, 5) is 12.1. The van der Waals surface area contributed by atoms with E-state index < -0.39 is 5.60 Å². The monoisotopic (exact) mass is 540 g/mol. The van der Waals surface area contributed by atoms with Crippen molar-refractivity contribution in [2.45, 2.75) is 93.6 Å². The Morgan fingerprint density at radius 1 is 0.923 bits per heavy atom. The summed E-state index contributed by atoms with van der Waals surface area (Å²) < 4.78 is 29.5. The van der Waals surface area contributed by atoms with E-state index in [1.807, 2.05) is 58.9 Å². The van der Waals surface area contributed by atoms with Crippen LogP contribution in [0.5, 0.6) is 11.5 Å². The fraction of sp³-hybridized carbons (Fsp3) is 0.545. The van der Waals surface area contributed by atoms with E-state index in [-0.39, 0.29) is 18.2 Å². The molecule has 0 N–H and O–H groups in total. The van der Waals surface area contributed by atoms with Crippen molar-refractivity contribution >= 4 is 16.7 Å². The zero-order valence-electron chi connectivity index (χ0n) is 26.0. The van der Waals surface area contributed by atoms with Crippen LogP contribution in [0.3, 0.4) is 0 Å². The average molecular weight is 541 g/mol. The Hall–Kier alpha value is -2.99. The lowest BCUT2D eigenvalue weighted by atomic mass is 9.76. The zero-order chi connectivity index (χ0) is 29.5. The van der Waals surface area contributed by atoms with Crippen LogP contribution in [-0.4, -0.2) is 32.1 Å². The highest BCUT2D eigenvalue weighted by molar-refractivity contribution is 5.97. The normalized spacial score (nSPS) is 13.4. The van der Waals surface area contributed by atoms with Crippen molar-refractivity contribution in [3.8, 4) is 11.5 Å².